The lowest BCUT2D eigenvalue weighted by Gasteiger charge is -2.31. The molecule has 42 heteroatoms. The molecule has 1 saturated carbocycles. The summed E-state index contributed by atoms with van der Waals surface area (Å²) in [6, 6.07) is 13.7. The minimum atomic E-state index is -2.10. The highest BCUT2D eigenvalue weighted by Crippen LogP contribution is 2.29. The quantitative estimate of drug-likeness (QED) is 0.0292. The molecule has 15 atom stereocenters. The minimum absolute atomic E-state index is 0.0220. The molecule has 1 saturated heterocycles. The smallest absolute Gasteiger partial charge is 0.341 e. The molecular weight excluding hydrogens is 1880 g/mol. The summed E-state index contributed by atoms with van der Waals surface area (Å²) in [6.45, 7) is 12.3. The number of aliphatic hydroxyl groups excluding tert-OH is 1. The van der Waals surface area contributed by atoms with Crippen LogP contribution in [0.4, 0.5) is 0 Å². The molecule has 2 fully saturated rings. The first kappa shape index (κ1) is 115. The lowest BCUT2D eigenvalue weighted by molar-refractivity contribution is -0.142. The Labute approximate surface area is 841 Å². The minimum Gasteiger partial charge on any atom is -0.482 e. The molecule has 0 unspecified atom stereocenters. The van der Waals surface area contributed by atoms with E-state index in [2.05, 4.69) is 79.4 Å². The van der Waals surface area contributed by atoms with Crippen LogP contribution in [0.15, 0.2) is 140 Å². The molecule has 0 bridgehead atoms. The predicted octanol–water partition coefficient (Wildman–Crippen LogP) is 1.36. The van der Waals surface area contributed by atoms with E-state index in [0.717, 1.165) is 47.1 Å². The molecule has 144 heavy (non-hydrogen) atoms. The van der Waals surface area contributed by atoms with E-state index >= 15 is 33.6 Å². The highest BCUT2D eigenvalue weighted by Gasteiger charge is 2.42. The summed E-state index contributed by atoms with van der Waals surface area (Å²) in [6.07, 6.45) is 2.92. The number of likely N-dealkylation sites (N-methyl/N-ethyl adjacent to an activating group) is 1. The number of carboxylic acids is 2. The van der Waals surface area contributed by atoms with Gasteiger partial charge in [-0.15, -0.1) is 11.8 Å². The van der Waals surface area contributed by atoms with E-state index in [4.69, 9.17) is 21.9 Å². The third-order valence-corrected chi connectivity index (χ3v) is 26.1. The van der Waals surface area contributed by atoms with Crippen molar-refractivity contribution in [3.8, 4) is 16.9 Å². The molecule has 2 heterocycles. The number of amides is 16. The largest absolute Gasteiger partial charge is 0.482 e. The number of carbonyl (C=O) groups excluding carboxylic acids is 16. The maximum atomic E-state index is 15.5. The van der Waals surface area contributed by atoms with Gasteiger partial charge in [0.25, 0.3) is 0 Å². The van der Waals surface area contributed by atoms with Crippen molar-refractivity contribution < 1.29 is 106 Å². The van der Waals surface area contributed by atoms with Crippen molar-refractivity contribution in [3.63, 3.8) is 0 Å². The van der Waals surface area contributed by atoms with Crippen LogP contribution < -0.4 is 96.4 Å². The average Bonchev–Trinajstić information content (AvgIpc) is 1.61. The number of aliphatic carboxylic acids is 2. The van der Waals surface area contributed by atoms with E-state index in [-0.39, 0.29) is 94.0 Å². The monoisotopic (exact) mass is 2020 g/mol. The van der Waals surface area contributed by atoms with Gasteiger partial charge in [0.2, 0.25) is 94.5 Å². The standard InChI is InChI=1S/C102H141N19O22S/c1-56(2)45-73-91(131)108-72(42-44-104)90(130)111-75(46-62-25-16-12-17-26-62)94(134)119-87(59(7)8)102(142)116-79(52-122)97(137)117-80(98(138)107-60(9)88(105)128)54-144-55-82(123)121(10)81(41-36-61-23-14-11-15-24-61)99(139)114-74(48-64-34-39-68(40-35-64)143-53-84(126)127)92(132)113-78(50-83(124)125)93(133)112-77(49-67-51-106-70-30-21-20-29-69(67)70)96(136)120-86(58(5)6)101(141)115-76(47-63-32-37-66(38-33-63)65-27-18-13-19-28-65)95(135)118-85(57(3)4)100(140)109-71(31-22-43-103)89(129)110-73/h11,13-15,18-21,23-24,27-30,32-35,37-40,51,56-60,62,71-81,85-87,106,122H,12,16-17,22,25-26,31,36,41-50,52-55,103-104H2,1-10H3,(H2,105,128)(H,107,138)(H,108,131)(H,109,140)(H,110,129)(H,111,130)(H,112,133)(H,113,132)(H,114,139)(H,115,141)(H,116,142)(H,117,137)(H,118,135)(H,119,134)(H,120,136)(H,124,125)(H,126,127)/t60-,71-,72-,73+,74-,75-,76-,77-,78-,79-,80-,81-,85-,86-,87-/m0/s1. The Balaban J connectivity index is 1.23. The number of hydrogen-bond donors (Lipinski definition) is 21. The number of primary amides is 1. The van der Waals surface area contributed by atoms with E-state index in [9.17, 15) is 68.1 Å². The zero-order valence-electron chi connectivity index (χ0n) is 83.1. The Hall–Kier alpha value is -13.9. The van der Waals surface area contributed by atoms with Crippen molar-refractivity contribution >= 4 is 129 Å². The summed E-state index contributed by atoms with van der Waals surface area (Å²) >= 11 is 0.741. The molecule has 1 aromatic heterocycles. The number of nitrogens with two attached hydrogens (primary N) is 3. The fourth-order valence-corrected chi connectivity index (χ4v) is 17.8. The number of aromatic nitrogens is 1. The van der Waals surface area contributed by atoms with Crippen LogP contribution >= 0.6 is 11.8 Å². The maximum absolute atomic E-state index is 15.5. The van der Waals surface area contributed by atoms with Crippen LogP contribution in [0.5, 0.6) is 5.75 Å². The number of rotatable bonds is 31. The summed E-state index contributed by atoms with van der Waals surface area (Å²) in [5.74, 6) is -22.5. The average molecular weight is 2020 g/mol. The summed E-state index contributed by atoms with van der Waals surface area (Å²) in [5, 5.41) is 68.8. The molecule has 41 nitrogen and oxygen atoms in total. The number of para-hydroxylation sites is 1. The van der Waals surface area contributed by atoms with Gasteiger partial charge in [0.05, 0.1) is 18.8 Å². The van der Waals surface area contributed by atoms with Gasteiger partial charge in [0, 0.05) is 49.2 Å². The van der Waals surface area contributed by atoms with Gasteiger partial charge in [-0.3, -0.25) is 81.5 Å². The number of nitrogens with one attached hydrogen (secondary N) is 15. The lowest BCUT2D eigenvalue weighted by Crippen LogP contribution is -2.62. The van der Waals surface area contributed by atoms with Crippen molar-refractivity contribution in [1.29, 1.82) is 0 Å². The second-order valence-electron chi connectivity index (χ2n) is 38.0. The normalized spacial score (nSPS) is 23.4. The van der Waals surface area contributed by atoms with Crippen LogP contribution in [0.25, 0.3) is 22.0 Å². The molecule has 782 valence electrons. The first-order valence-electron chi connectivity index (χ1n) is 48.8. The Kier molecular flexibility index (Phi) is 46.0. The highest BCUT2D eigenvalue weighted by molar-refractivity contribution is 8.00. The van der Waals surface area contributed by atoms with Gasteiger partial charge in [-0.25, -0.2) is 4.79 Å². The van der Waals surface area contributed by atoms with Gasteiger partial charge >= 0.3 is 11.9 Å². The number of aromatic amines is 1. The molecule has 1 aliphatic heterocycles. The van der Waals surface area contributed by atoms with Gasteiger partial charge in [-0.2, -0.15) is 0 Å². The highest BCUT2D eigenvalue weighted by atomic mass is 32.2. The zero-order chi connectivity index (χ0) is 106. The van der Waals surface area contributed by atoms with Gasteiger partial charge in [-0.05, 0) is 146 Å². The molecule has 2 aliphatic rings. The fraction of sp³-hybridized carbons (Fsp3) is 0.510. The molecule has 8 rings (SSSR count). The van der Waals surface area contributed by atoms with Gasteiger partial charge in [0.1, 0.15) is 96.4 Å². The molecular formula is C102H141N19O22S. The number of carbonyl (C=O) groups is 18. The number of nitrogens with zero attached hydrogens (tertiary/aromatic N) is 1. The van der Waals surface area contributed by atoms with Crippen molar-refractivity contribution in [2.45, 2.75) is 256 Å². The number of ether oxygens (including phenoxy) is 1. The molecule has 0 radical (unpaired) electrons. The number of fused-ring (bicyclic) bond motifs is 1. The van der Waals surface area contributed by atoms with E-state index in [1.807, 2.05) is 42.5 Å². The predicted molar refractivity (Wildman–Crippen MR) is 538 cm³/mol. The Bertz CT molecular complexity index is 5380. The third-order valence-electron chi connectivity index (χ3n) is 25.1. The van der Waals surface area contributed by atoms with Crippen LogP contribution in [-0.4, -0.2) is 267 Å². The van der Waals surface area contributed by atoms with Crippen LogP contribution in [0, 0.1) is 29.6 Å². The number of hydrogen-bond acceptors (Lipinski definition) is 23. The fourth-order valence-electron chi connectivity index (χ4n) is 16.9. The molecule has 1 aliphatic carbocycles. The van der Waals surface area contributed by atoms with Gasteiger partial charge in [-0.1, -0.05) is 203 Å². The lowest BCUT2D eigenvalue weighted by atomic mass is 9.84. The topological polar surface area (TPSA) is 643 Å². The SMILES string of the molecule is CC(C)C[C@H]1NC(=O)[C@H](CCCN)NC(=O)[C@H](C(C)C)NC(=O)[C@H](Cc2ccc(-c3ccccc3)cc2)NC(=O)[C@H](C(C)C)NC(=O)[C@H](Cc2c[nH]c3ccccc23)NC(=O)[C@H](CC(=O)O)NC(=O)[C@H](Cc2ccc(OCC(=O)O)cc2)NC(=O)[C@H](CCc2ccccc2)N(C)C(=O)CSC[C@@H](C(=O)N[C@@H](C)C(N)=O)NC(=O)[C@H](CO)NC(=O)[C@H](C(C)C)NC(=O)[C@H](CC2CCCCC2)NC(=O)[C@H](CCN)NC1=O. The number of carboxylic acid groups (broad SMARTS) is 2. The molecule has 24 N–H and O–H groups in total. The zero-order valence-corrected chi connectivity index (χ0v) is 83.9. The van der Waals surface area contributed by atoms with Gasteiger partial charge < -0.3 is 122 Å². The van der Waals surface area contributed by atoms with E-state index in [1.165, 1.54) is 38.2 Å². The Morgan fingerprint density at radius 1 is 0.458 bits per heavy atom. The summed E-state index contributed by atoms with van der Waals surface area (Å²) in [7, 11) is 1.27. The van der Waals surface area contributed by atoms with Crippen molar-refractivity contribution in [2.24, 2.45) is 46.8 Å². The molecule has 5 aromatic carbocycles. The maximum Gasteiger partial charge on any atom is 0.341 e. The number of aryl methyl sites for hydroxylation is 1. The van der Waals surface area contributed by atoms with Gasteiger partial charge in [0.15, 0.2) is 6.61 Å². The van der Waals surface area contributed by atoms with Crippen LogP contribution in [0.2, 0.25) is 0 Å². The Morgan fingerprint density at radius 2 is 0.910 bits per heavy atom. The van der Waals surface area contributed by atoms with E-state index in [1.54, 1.807) is 128 Å². The molecule has 6 aromatic rings. The number of aliphatic hydroxyl groups is 1. The number of H-pyrrole nitrogens is 1. The number of thioether (sulfide) groups is 1. The first-order chi connectivity index (χ1) is 68.5. The van der Waals surface area contributed by atoms with Crippen molar-refractivity contribution in [3.05, 3.63) is 162 Å². The van der Waals surface area contributed by atoms with Crippen LogP contribution in [0.1, 0.15) is 162 Å². The van der Waals surface area contributed by atoms with Crippen LogP contribution in [-0.2, 0) is 112 Å². The molecule has 0 spiro atoms. The van der Waals surface area contributed by atoms with E-state index < -0.39 is 252 Å². The van der Waals surface area contributed by atoms with Crippen molar-refractivity contribution in [1.82, 2.24) is 84.3 Å². The Morgan fingerprint density at radius 3 is 1.45 bits per heavy atom. The number of benzene rings is 5. The summed E-state index contributed by atoms with van der Waals surface area (Å²) < 4.78 is 5.37. The van der Waals surface area contributed by atoms with E-state index in [0.29, 0.717) is 40.4 Å². The molecule has 16 amide bonds. The third kappa shape index (κ3) is 36.2. The second kappa shape index (κ2) is 57.4. The first-order valence-corrected chi connectivity index (χ1v) is 50.0. The summed E-state index contributed by atoms with van der Waals surface area (Å²) in [5.41, 5.74) is 21.9. The van der Waals surface area contributed by atoms with Crippen molar-refractivity contribution in [2.75, 3.05) is 44.9 Å². The second-order valence-corrected chi connectivity index (χ2v) is 39.0. The van der Waals surface area contributed by atoms with Crippen LogP contribution in [0.3, 0.4) is 0 Å². The summed E-state index contributed by atoms with van der Waals surface area (Å²) in [4.78, 5) is 267.